The lowest BCUT2D eigenvalue weighted by Gasteiger charge is -2.08. The minimum absolute atomic E-state index is 0.0963. The maximum absolute atomic E-state index is 12.2. The van der Waals surface area contributed by atoms with Crippen LogP contribution in [0.2, 0.25) is 0 Å². The Balaban J connectivity index is 2.13. The number of hydrazone groups is 1. The van der Waals surface area contributed by atoms with Crippen molar-refractivity contribution in [3.63, 3.8) is 0 Å². The molecule has 128 valence electrons. The van der Waals surface area contributed by atoms with E-state index in [-0.39, 0.29) is 11.7 Å². The van der Waals surface area contributed by atoms with Crippen molar-refractivity contribution in [1.82, 2.24) is 5.43 Å². The zero-order chi connectivity index (χ0) is 18.2. The normalized spacial score (nSPS) is 10.4. The molecule has 0 fully saturated rings. The van der Waals surface area contributed by atoms with Gasteiger partial charge in [0.25, 0.3) is 5.91 Å². The molecule has 0 aliphatic heterocycles. The summed E-state index contributed by atoms with van der Waals surface area (Å²) in [5.74, 6) is -0.644. The largest absolute Gasteiger partial charge is 0.507 e. The lowest BCUT2D eigenvalue weighted by Crippen LogP contribution is -2.20. The number of phenols is 1. The fourth-order valence-electron chi connectivity index (χ4n) is 2.24. The molecule has 2 rings (SSSR count). The second-order valence-corrected chi connectivity index (χ2v) is 5.27. The Morgan fingerprint density at radius 2 is 1.96 bits per heavy atom. The zero-order valence-electron chi connectivity index (χ0n) is 13.8. The van der Waals surface area contributed by atoms with E-state index in [1.54, 1.807) is 48.5 Å². The lowest BCUT2D eigenvalue weighted by atomic mass is 10.1. The number of anilines is 1. The molecule has 0 saturated carbocycles. The van der Waals surface area contributed by atoms with Crippen LogP contribution in [0.1, 0.15) is 28.4 Å². The third kappa shape index (κ3) is 4.78. The summed E-state index contributed by atoms with van der Waals surface area (Å²) in [6, 6.07) is 11.9. The summed E-state index contributed by atoms with van der Waals surface area (Å²) in [5.41, 5.74) is 4.29. The number of hydrogen-bond acceptors (Lipinski definition) is 4. The van der Waals surface area contributed by atoms with Crippen LogP contribution in [-0.4, -0.2) is 23.1 Å². The summed E-state index contributed by atoms with van der Waals surface area (Å²) in [5, 5.41) is 16.6. The third-order valence-corrected chi connectivity index (χ3v) is 3.37. The van der Waals surface area contributed by atoms with Crippen molar-refractivity contribution in [2.24, 2.45) is 5.10 Å². The molecule has 6 heteroatoms. The highest BCUT2D eigenvalue weighted by Gasteiger charge is 2.11. The Morgan fingerprint density at radius 3 is 2.68 bits per heavy atom. The molecule has 0 heterocycles. The maximum atomic E-state index is 12.2. The lowest BCUT2D eigenvalue weighted by molar-refractivity contribution is -0.114. The molecule has 6 nitrogen and oxygen atoms in total. The topological polar surface area (TPSA) is 90.8 Å². The molecule has 25 heavy (non-hydrogen) atoms. The van der Waals surface area contributed by atoms with Gasteiger partial charge in [0.05, 0.1) is 17.5 Å². The first kappa shape index (κ1) is 17.9. The second kappa shape index (κ2) is 8.44. The van der Waals surface area contributed by atoms with Gasteiger partial charge in [0.15, 0.2) is 0 Å². The average molecular weight is 337 g/mol. The molecule has 2 amide bonds. The van der Waals surface area contributed by atoms with Crippen molar-refractivity contribution in [2.75, 3.05) is 5.32 Å². The molecule has 0 spiro atoms. The van der Waals surface area contributed by atoms with Gasteiger partial charge >= 0.3 is 0 Å². The van der Waals surface area contributed by atoms with Crippen molar-refractivity contribution in [1.29, 1.82) is 0 Å². The van der Waals surface area contributed by atoms with Gasteiger partial charge in [-0.1, -0.05) is 30.3 Å². The van der Waals surface area contributed by atoms with E-state index in [1.807, 2.05) is 0 Å². The molecule has 3 N–H and O–H groups in total. The number of nitrogens with zero attached hydrogens (tertiary/aromatic N) is 1. The van der Waals surface area contributed by atoms with Gasteiger partial charge in [-0.3, -0.25) is 9.59 Å². The monoisotopic (exact) mass is 337 g/mol. The Kier molecular flexibility index (Phi) is 6.06. The van der Waals surface area contributed by atoms with Crippen LogP contribution in [0.5, 0.6) is 5.75 Å². The van der Waals surface area contributed by atoms with Gasteiger partial charge in [-0.25, -0.2) is 5.43 Å². The summed E-state index contributed by atoms with van der Waals surface area (Å²) in [6.07, 6.45) is 3.58. The van der Waals surface area contributed by atoms with Crippen molar-refractivity contribution in [3.05, 3.63) is 71.8 Å². The molecule has 0 radical (unpaired) electrons. The van der Waals surface area contributed by atoms with Crippen LogP contribution in [0.25, 0.3) is 0 Å². The van der Waals surface area contributed by atoms with E-state index in [9.17, 15) is 14.7 Å². The van der Waals surface area contributed by atoms with Crippen LogP contribution < -0.4 is 10.7 Å². The number of hydrogen-bond donors (Lipinski definition) is 3. The molecule has 2 aromatic carbocycles. The van der Waals surface area contributed by atoms with Crippen molar-refractivity contribution >= 4 is 23.7 Å². The van der Waals surface area contributed by atoms with Gasteiger partial charge in [0.2, 0.25) is 5.91 Å². The third-order valence-electron chi connectivity index (χ3n) is 3.37. The maximum Gasteiger partial charge on any atom is 0.273 e. The van der Waals surface area contributed by atoms with E-state index < -0.39 is 5.91 Å². The van der Waals surface area contributed by atoms with E-state index in [4.69, 9.17) is 0 Å². The van der Waals surface area contributed by atoms with E-state index in [2.05, 4.69) is 22.4 Å². The van der Waals surface area contributed by atoms with Gasteiger partial charge in [0, 0.05) is 12.5 Å². The minimum atomic E-state index is -0.470. The standard InChI is InChI=1S/C19H19N3O3/c1-3-7-14-8-6-9-15(18(14)24)12-20-22-19(25)16-10-4-5-11-17(16)21-13(2)23/h3-6,8-12,24H,1,7H2,2H3,(H,21,23)(H,22,25)/b20-12+. The number of amides is 2. The number of aromatic hydroxyl groups is 1. The minimum Gasteiger partial charge on any atom is -0.507 e. The van der Waals surface area contributed by atoms with Crippen molar-refractivity contribution in [3.8, 4) is 5.75 Å². The van der Waals surface area contributed by atoms with Gasteiger partial charge in [-0.05, 0) is 30.2 Å². The van der Waals surface area contributed by atoms with Crippen LogP contribution in [0.15, 0.2) is 60.2 Å². The number of phenolic OH excluding ortho intramolecular Hbond substituents is 1. The molecule has 0 saturated heterocycles. The van der Waals surface area contributed by atoms with Crippen LogP contribution in [0, 0.1) is 0 Å². The van der Waals surface area contributed by atoms with Crippen molar-refractivity contribution in [2.45, 2.75) is 13.3 Å². The van der Waals surface area contributed by atoms with E-state index in [0.29, 0.717) is 23.2 Å². The molecular weight excluding hydrogens is 318 g/mol. The molecular formula is C19H19N3O3. The molecule has 2 aromatic rings. The first-order chi connectivity index (χ1) is 12.0. The first-order valence-corrected chi connectivity index (χ1v) is 7.64. The van der Waals surface area contributed by atoms with Crippen LogP contribution in [-0.2, 0) is 11.2 Å². The highest BCUT2D eigenvalue weighted by Crippen LogP contribution is 2.21. The summed E-state index contributed by atoms with van der Waals surface area (Å²) in [7, 11) is 0. The Labute approximate surface area is 145 Å². The summed E-state index contributed by atoms with van der Waals surface area (Å²) in [4.78, 5) is 23.4. The zero-order valence-corrected chi connectivity index (χ0v) is 13.8. The summed E-state index contributed by atoms with van der Waals surface area (Å²) >= 11 is 0. The van der Waals surface area contributed by atoms with Crippen LogP contribution in [0.4, 0.5) is 5.69 Å². The number of rotatable bonds is 6. The molecule has 0 aliphatic rings. The number of carbonyl (C=O) groups is 2. The molecule has 0 atom stereocenters. The van der Waals surface area contributed by atoms with Gasteiger partial charge < -0.3 is 10.4 Å². The fourth-order valence-corrected chi connectivity index (χ4v) is 2.24. The second-order valence-electron chi connectivity index (χ2n) is 5.27. The Morgan fingerprint density at radius 1 is 1.20 bits per heavy atom. The predicted octanol–water partition coefficient (Wildman–Crippen LogP) is 2.84. The van der Waals surface area contributed by atoms with Crippen LogP contribution in [0.3, 0.4) is 0 Å². The molecule has 0 aliphatic carbocycles. The predicted molar refractivity (Wildman–Crippen MR) is 97.8 cm³/mol. The average Bonchev–Trinajstić information content (AvgIpc) is 2.58. The quantitative estimate of drug-likeness (QED) is 0.430. The number of allylic oxidation sites excluding steroid dienone is 1. The smallest absolute Gasteiger partial charge is 0.273 e. The van der Waals surface area contributed by atoms with Crippen LogP contribution >= 0.6 is 0 Å². The number of carbonyl (C=O) groups excluding carboxylic acids is 2. The van der Waals surface area contributed by atoms with Gasteiger partial charge in [-0.2, -0.15) is 5.10 Å². The summed E-state index contributed by atoms with van der Waals surface area (Å²) in [6.45, 7) is 5.01. The summed E-state index contributed by atoms with van der Waals surface area (Å²) < 4.78 is 0. The number of benzene rings is 2. The Hall–Kier alpha value is -3.41. The molecule has 0 bridgehead atoms. The Bertz CT molecular complexity index is 828. The SMILES string of the molecule is C=CCc1cccc(/C=N/NC(=O)c2ccccc2NC(C)=O)c1O. The highest BCUT2D eigenvalue weighted by atomic mass is 16.3. The molecule has 0 unspecified atom stereocenters. The van der Waals surface area contributed by atoms with Crippen molar-refractivity contribution < 1.29 is 14.7 Å². The first-order valence-electron chi connectivity index (χ1n) is 7.64. The highest BCUT2D eigenvalue weighted by molar-refractivity contribution is 6.03. The van der Waals surface area contributed by atoms with Gasteiger partial charge in [-0.15, -0.1) is 6.58 Å². The van der Waals surface area contributed by atoms with E-state index >= 15 is 0 Å². The fraction of sp³-hybridized carbons (Fsp3) is 0.105. The molecule has 0 aromatic heterocycles. The number of para-hydroxylation sites is 2. The van der Waals surface area contributed by atoms with Gasteiger partial charge in [0.1, 0.15) is 5.75 Å². The number of nitrogens with one attached hydrogen (secondary N) is 2. The van der Waals surface area contributed by atoms with E-state index in [0.717, 1.165) is 5.56 Å². The van der Waals surface area contributed by atoms with E-state index in [1.165, 1.54) is 13.1 Å².